The lowest BCUT2D eigenvalue weighted by Crippen LogP contribution is -2.45. The number of aromatic nitrogens is 1. The average molecular weight is 504 g/mol. The number of urea groups is 1. The summed E-state index contributed by atoms with van der Waals surface area (Å²) in [6, 6.07) is 6.48. The first-order valence-electron chi connectivity index (χ1n) is 12.1. The highest BCUT2D eigenvalue weighted by molar-refractivity contribution is 8.01. The molecule has 0 saturated heterocycles. The number of aryl methyl sites for hydroxylation is 2. The van der Waals surface area contributed by atoms with Crippen LogP contribution in [0.1, 0.15) is 56.6 Å². The molecule has 184 valence electrons. The lowest BCUT2D eigenvalue weighted by Gasteiger charge is -2.36. The van der Waals surface area contributed by atoms with E-state index in [0.717, 1.165) is 48.5 Å². The maximum Gasteiger partial charge on any atom is 0.323 e. The van der Waals surface area contributed by atoms with E-state index in [2.05, 4.69) is 35.4 Å². The van der Waals surface area contributed by atoms with E-state index in [0.29, 0.717) is 24.2 Å². The van der Waals surface area contributed by atoms with Crippen molar-refractivity contribution < 1.29 is 19.4 Å². The number of rotatable bonds is 10. The van der Waals surface area contributed by atoms with Crippen LogP contribution >= 0.6 is 23.1 Å². The van der Waals surface area contributed by atoms with Crippen molar-refractivity contribution in [3.8, 4) is 5.75 Å². The Morgan fingerprint density at radius 2 is 2.03 bits per heavy atom. The molecule has 9 heteroatoms. The number of nitrogens with one attached hydrogen (secondary N) is 1. The van der Waals surface area contributed by atoms with Crippen LogP contribution in [0.4, 0.5) is 9.93 Å². The molecule has 0 atom stereocenters. The van der Waals surface area contributed by atoms with Crippen LogP contribution in [0.25, 0.3) is 0 Å². The normalized spacial score (nSPS) is 19.4. The van der Waals surface area contributed by atoms with Gasteiger partial charge in [-0.3, -0.25) is 10.1 Å². The number of carboxylic acids is 1. The van der Waals surface area contributed by atoms with E-state index < -0.39 is 5.97 Å². The fourth-order valence-electron chi connectivity index (χ4n) is 4.75. The summed E-state index contributed by atoms with van der Waals surface area (Å²) in [5.74, 6) is 0.727. The highest BCUT2D eigenvalue weighted by Crippen LogP contribution is 2.31. The number of carbonyl (C=O) groups is 2. The molecule has 0 bridgehead atoms. The summed E-state index contributed by atoms with van der Waals surface area (Å²) in [4.78, 5) is 30.2. The number of amides is 2. The molecule has 0 radical (unpaired) electrons. The molecule has 4 rings (SSSR count). The first kappa shape index (κ1) is 24.9. The van der Waals surface area contributed by atoms with Crippen molar-refractivity contribution in [3.05, 3.63) is 35.5 Å². The van der Waals surface area contributed by atoms with Gasteiger partial charge in [-0.15, -0.1) is 11.8 Å². The van der Waals surface area contributed by atoms with Gasteiger partial charge in [-0.2, -0.15) is 0 Å². The fraction of sp³-hybridized carbons (Fsp3) is 0.560. The number of hydrogen-bond acceptors (Lipinski definition) is 6. The standard InChI is InChI=1S/C25H33N3O4S2/c1-17-6-9-20(10-7-17)28(25(31)27-24-26-15-23(34-24)33-16-22(29)30)12-3-13-32-21-11-8-18-4-2-5-19(18)14-21/h8,11,14-15,17,20H,2-7,9-10,12-13,16H2,1H3,(H,29,30)(H,26,27,31)/t17-,20-. The molecule has 2 amide bonds. The summed E-state index contributed by atoms with van der Waals surface area (Å²) in [7, 11) is 0. The predicted octanol–water partition coefficient (Wildman–Crippen LogP) is 5.69. The zero-order valence-electron chi connectivity index (χ0n) is 19.6. The summed E-state index contributed by atoms with van der Waals surface area (Å²) in [5.41, 5.74) is 2.84. The van der Waals surface area contributed by atoms with E-state index >= 15 is 0 Å². The first-order chi connectivity index (χ1) is 16.5. The summed E-state index contributed by atoms with van der Waals surface area (Å²) >= 11 is 2.52. The number of aliphatic carboxylic acids is 1. The summed E-state index contributed by atoms with van der Waals surface area (Å²) in [6.45, 7) is 3.47. The number of nitrogens with zero attached hydrogens (tertiary/aromatic N) is 2. The Bertz CT molecular complexity index is 988. The molecular formula is C25H33N3O4S2. The number of benzene rings is 1. The van der Waals surface area contributed by atoms with E-state index in [1.807, 2.05) is 4.90 Å². The molecule has 2 aromatic rings. The highest BCUT2D eigenvalue weighted by atomic mass is 32.2. The topological polar surface area (TPSA) is 91.8 Å². The van der Waals surface area contributed by atoms with Crippen molar-refractivity contribution in [2.45, 2.75) is 68.5 Å². The zero-order chi connectivity index (χ0) is 23.9. The van der Waals surface area contributed by atoms with Crippen LogP contribution in [0, 0.1) is 5.92 Å². The van der Waals surface area contributed by atoms with Gasteiger partial charge in [-0.1, -0.05) is 24.3 Å². The van der Waals surface area contributed by atoms with E-state index in [1.54, 1.807) is 6.20 Å². The van der Waals surface area contributed by atoms with Crippen molar-refractivity contribution in [1.29, 1.82) is 0 Å². The Morgan fingerprint density at radius 3 is 2.82 bits per heavy atom. The Kier molecular flexibility index (Phi) is 8.72. The minimum Gasteiger partial charge on any atom is -0.494 e. The van der Waals surface area contributed by atoms with E-state index in [1.165, 1.54) is 47.1 Å². The van der Waals surface area contributed by atoms with Gasteiger partial charge in [0.2, 0.25) is 0 Å². The Labute approximate surface area is 209 Å². The third-order valence-electron chi connectivity index (χ3n) is 6.61. The highest BCUT2D eigenvalue weighted by Gasteiger charge is 2.28. The minimum absolute atomic E-state index is 0.0216. The number of ether oxygens (including phenoxy) is 1. The van der Waals surface area contributed by atoms with Gasteiger partial charge in [-0.05, 0) is 80.5 Å². The minimum atomic E-state index is -0.871. The largest absolute Gasteiger partial charge is 0.494 e. The van der Waals surface area contributed by atoms with Gasteiger partial charge in [-0.25, -0.2) is 9.78 Å². The number of thioether (sulfide) groups is 1. The Hall–Kier alpha value is -2.26. The average Bonchev–Trinajstić information content (AvgIpc) is 3.47. The van der Waals surface area contributed by atoms with Crippen molar-refractivity contribution >= 4 is 40.2 Å². The zero-order valence-corrected chi connectivity index (χ0v) is 21.3. The Morgan fingerprint density at radius 1 is 1.24 bits per heavy atom. The van der Waals surface area contributed by atoms with Crippen molar-refractivity contribution in [2.24, 2.45) is 5.92 Å². The third kappa shape index (κ3) is 6.88. The second kappa shape index (κ2) is 11.9. The molecule has 2 N–H and O–H groups in total. The summed E-state index contributed by atoms with van der Waals surface area (Å²) in [6.07, 6.45) is 10.2. The van der Waals surface area contributed by atoms with Crippen LogP contribution in [0.15, 0.2) is 28.6 Å². The molecular weight excluding hydrogens is 470 g/mol. The second-order valence-electron chi connectivity index (χ2n) is 9.19. The Balaban J connectivity index is 1.32. The monoisotopic (exact) mass is 503 g/mol. The number of anilines is 1. The molecule has 1 heterocycles. The van der Waals surface area contributed by atoms with Crippen LogP contribution < -0.4 is 10.1 Å². The number of carboxylic acid groups (broad SMARTS) is 1. The second-order valence-corrected chi connectivity index (χ2v) is 11.5. The number of fused-ring (bicyclic) bond motifs is 1. The molecule has 1 aromatic carbocycles. The molecule has 1 fully saturated rings. The quantitative estimate of drug-likeness (QED) is 0.320. The van der Waals surface area contributed by atoms with Crippen LogP contribution in [-0.4, -0.2) is 51.9 Å². The number of thiazole rings is 1. The molecule has 2 aliphatic rings. The number of carbonyl (C=O) groups excluding carboxylic acids is 1. The van der Waals surface area contributed by atoms with Crippen molar-refractivity contribution in [2.75, 3.05) is 24.2 Å². The molecule has 34 heavy (non-hydrogen) atoms. The lowest BCUT2D eigenvalue weighted by molar-refractivity contribution is -0.133. The van der Waals surface area contributed by atoms with Crippen LogP contribution in [0.3, 0.4) is 0 Å². The molecule has 0 unspecified atom stereocenters. The van der Waals surface area contributed by atoms with Gasteiger partial charge in [0.05, 0.1) is 22.8 Å². The van der Waals surface area contributed by atoms with Crippen LogP contribution in [0.2, 0.25) is 0 Å². The molecule has 0 aliphatic heterocycles. The molecule has 1 saturated carbocycles. The SMILES string of the molecule is C[C@H]1CC[C@H](N(CCCOc2ccc3c(c2)CCC3)C(=O)Nc2ncc(SCC(=O)O)s2)CC1. The maximum absolute atomic E-state index is 13.2. The van der Waals surface area contributed by atoms with Crippen molar-refractivity contribution in [3.63, 3.8) is 0 Å². The smallest absolute Gasteiger partial charge is 0.323 e. The lowest BCUT2D eigenvalue weighted by atomic mass is 9.86. The van der Waals surface area contributed by atoms with Gasteiger partial charge in [0, 0.05) is 12.6 Å². The van der Waals surface area contributed by atoms with E-state index in [9.17, 15) is 9.59 Å². The van der Waals surface area contributed by atoms with E-state index in [-0.39, 0.29) is 17.8 Å². The first-order valence-corrected chi connectivity index (χ1v) is 13.9. The molecule has 2 aliphatic carbocycles. The molecule has 7 nitrogen and oxygen atoms in total. The number of hydrogen-bond donors (Lipinski definition) is 2. The summed E-state index contributed by atoms with van der Waals surface area (Å²) in [5, 5.41) is 12.3. The molecule has 0 spiro atoms. The van der Waals surface area contributed by atoms with Crippen molar-refractivity contribution in [1.82, 2.24) is 9.88 Å². The van der Waals surface area contributed by atoms with Crippen LogP contribution in [-0.2, 0) is 17.6 Å². The van der Waals surface area contributed by atoms with Gasteiger partial charge >= 0.3 is 12.0 Å². The van der Waals surface area contributed by atoms with Gasteiger partial charge < -0.3 is 14.7 Å². The van der Waals surface area contributed by atoms with E-state index in [4.69, 9.17) is 9.84 Å². The third-order valence-corrected chi connectivity index (χ3v) is 8.70. The maximum atomic E-state index is 13.2. The molecule has 1 aromatic heterocycles. The summed E-state index contributed by atoms with van der Waals surface area (Å²) < 4.78 is 6.79. The predicted molar refractivity (Wildman–Crippen MR) is 136 cm³/mol. The van der Waals surface area contributed by atoms with Gasteiger partial charge in [0.15, 0.2) is 5.13 Å². The van der Waals surface area contributed by atoms with Crippen LogP contribution in [0.5, 0.6) is 5.75 Å². The van der Waals surface area contributed by atoms with Gasteiger partial charge in [0.1, 0.15) is 5.75 Å². The fourth-order valence-corrected chi connectivity index (χ4v) is 6.33. The van der Waals surface area contributed by atoms with Gasteiger partial charge in [0.25, 0.3) is 0 Å².